The number of carbonyl (C=O) groups excluding carboxylic acids is 1. The molecule has 5 nitrogen and oxygen atoms in total. The van der Waals surface area contributed by atoms with Crippen molar-refractivity contribution >= 4 is 12.1 Å². The topological polar surface area (TPSA) is 66.8 Å². The summed E-state index contributed by atoms with van der Waals surface area (Å²) in [5, 5.41) is 9.03. The van der Waals surface area contributed by atoms with Crippen molar-refractivity contribution in [2.45, 2.75) is 13.8 Å². The van der Waals surface area contributed by atoms with Gasteiger partial charge in [-0.15, -0.1) is 0 Å². The summed E-state index contributed by atoms with van der Waals surface area (Å²) in [7, 11) is 0. The number of carbonyl (C=O) groups is 2. The summed E-state index contributed by atoms with van der Waals surface area (Å²) in [4.78, 5) is 24.0. The van der Waals surface area contributed by atoms with Crippen molar-refractivity contribution < 1.29 is 19.4 Å². The van der Waals surface area contributed by atoms with Crippen LogP contribution >= 0.6 is 0 Å². The minimum Gasteiger partial charge on any atom is -0.481 e. The molecule has 5 heteroatoms. The van der Waals surface area contributed by atoms with Crippen molar-refractivity contribution in [2.75, 3.05) is 19.7 Å². The first-order valence-electron chi connectivity index (χ1n) is 5.14. The Morgan fingerprint density at radius 2 is 2.25 bits per heavy atom. The van der Waals surface area contributed by atoms with E-state index in [9.17, 15) is 9.59 Å². The number of likely N-dealkylation sites (tertiary alicyclic amines) is 1. The van der Waals surface area contributed by atoms with Crippen LogP contribution in [0.2, 0.25) is 0 Å². The monoisotopic (exact) mass is 227 g/mol. The largest absolute Gasteiger partial charge is 0.481 e. The van der Waals surface area contributed by atoms with Gasteiger partial charge in [-0.1, -0.05) is 26.5 Å². The number of nitrogens with zero attached hydrogens (tertiary/aromatic N) is 1. The number of carboxylic acids is 1. The standard InChI is InChI=1S/C11H17NO4/c1-4-5-16-10(15)12-6-8(9(13)14)11(2,3)7-12/h4,8H,1,5-7H2,2-3H3,(H,13,14). The Hall–Kier alpha value is -1.52. The third-order valence-electron chi connectivity index (χ3n) is 2.83. The smallest absolute Gasteiger partial charge is 0.410 e. The molecular weight excluding hydrogens is 210 g/mol. The molecule has 1 saturated heterocycles. The van der Waals surface area contributed by atoms with Gasteiger partial charge in [-0.25, -0.2) is 4.79 Å². The summed E-state index contributed by atoms with van der Waals surface area (Å²) in [6.07, 6.45) is 1.00. The summed E-state index contributed by atoms with van der Waals surface area (Å²) < 4.78 is 4.87. The summed E-state index contributed by atoms with van der Waals surface area (Å²) >= 11 is 0. The van der Waals surface area contributed by atoms with Crippen molar-refractivity contribution in [3.8, 4) is 0 Å². The molecule has 1 fully saturated rings. The molecule has 1 amide bonds. The number of rotatable bonds is 3. The Morgan fingerprint density at radius 1 is 1.62 bits per heavy atom. The van der Waals surface area contributed by atoms with Gasteiger partial charge in [-0.2, -0.15) is 0 Å². The molecule has 1 aliphatic rings. The van der Waals surface area contributed by atoms with Crippen molar-refractivity contribution in [3.63, 3.8) is 0 Å². The van der Waals surface area contributed by atoms with Gasteiger partial charge in [0.05, 0.1) is 5.92 Å². The van der Waals surface area contributed by atoms with E-state index in [-0.39, 0.29) is 13.2 Å². The quantitative estimate of drug-likeness (QED) is 0.739. The lowest BCUT2D eigenvalue weighted by atomic mass is 9.82. The van der Waals surface area contributed by atoms with E-state index in [2.05, 4.69) is 6.58 Å². The second-order valence-corrected chi connectivity index (χ2v) is 4.63. The molecule has 90 valence electrons. The Labute approximate surface area is 94.7 Å². The number of hydrogen-bond acceptors (Lipinski definition) is 3. The molecule has 1 N–H and O–H groups in total. The molecule has 1 rings (SSSR count). The van der Waals surface area contributed by atoms with Crippen LogP contribution in [-0.2, 0) is 9.53 Å². The van der Waals surface area contributed by atoms with Crippen LogP contribution in [0.3, 0.4) is 0 Å². The van der Waals surface area contributed by atoms with Gasteiger partial charge in [0, 0.05) is 13.1 Å². The first-order chi connectivity index (χ1) is 7.38. The van der Waals surface area contributed by atoms with Gasteiger partial charge < -0.3 is 14.7 Å². The number of ether oxygens (including phenoxy) is 1. The predicted molar refractivity (Wildman–Crippen MR) is 58.0 cm³/mol. The van der Waals surface area contributed by atoms with E-state index in [4.69, 9.17) is 9.84 Å². The zero-order valence-corrected chi connectivity index (χ0v) is 9.60. The van der Waals surface area contributed by atoms with Crippen LogP contribution in [0.15, 0.2) is 12.7 Å². The Morgan fingerprint density at radius 3 is 2.69 bits per heavy atom. The molecule has 0 aromatic rings. The number of hydrogen-bond donors (Lipinski definition) is 1. The third kappa shape index (κ3) is 2.53. The number of amides is 1. The lowest BCUT2D eigenvalue weighted by molar-refractivity contribution is -0.143. The average molecular weight is 227 g/mol. The average Bonchev–Trinajstić information content (AvgIpc) is 2.50. The van der Waals surface area contributed by atoms with Crippen LogP contribution in [0.25, 0.3) is 0 Å². The predicted octanol–water partition coefficient (Wildman–Crippen LogP) is 1.35. The van der Waals surface area contributed by atoms with Crippen LogP contribution in [0.1, 0.15) is 13.8 Å². The third-order valence-corrected chi connectivity index (χ3v) is 2.83. The van der Waals surface area contributed by atoms with E-state index in [1.54, 1.807) is 0 Å². The van der Waals surface area contributed by atoms with Gasteiger partial charge >= 0.3 is 12.1 Å². The van der Waals surface area contributed by atoms with Gasteiger partial charge in [-0.05, 0) is 5.41 Å². The van der Waals surface area contributed by atoms with E-state index in [0.717, 1.165) is 0 Å². The molecule has 0 saturated carbocycles. The lowest BCUT2D eigenvalue weighted by Gasteiger charge is -2.21. The molecule has 0 radical (unpaired) electrons. The zero-order chi connectivity index (χ0) is 12.3. The Kier molecular flexibility index (Phi) is 3.57. The number of aliphatic carboxylic acids is 1. The second-order valence-electron chi connectivity index (χ2n) is 4.63. The molecule has 0 aromatic heterocycles. The maximum atomic E-state index is 11.5. The molecule has 1 aliphatic heterocycles. The van der Waals surface area contributed by atoms with E-state index in [0.29, 0.717) is 6.54 Å². The lowest BCUT2D eigenvalue weighted by Crippen LogP contribution is -2.30. The molecule has 1 unspecified atom stereocenters. The molecule has 1 atom stereocenters. The summed E-state index contributed by atoms with van der Waals surface area (Å²) in [6.45, 7) is 7.88. The highest BCUT2D eigenvalue weighted by atomic mass is 16.6. The van der Waals surface area contributed by atoms with E-state index in [1.807, 2.05) is 13.8 Å². The molecule has 0 aliphatic carbocycles. The number of carboxylic acid groups (broad SMARTS) is 1. The minimum atomic E-state index is -0.871. The van der Waals surface area contributed by atoms with Crippen LogP contribution < -0.4 is 0 Å². The minimum absolute atomic E-state index is 0.146. The Balaban J connectivity index is 2.64. The summed E-state index contributed by atoms with van der Waals surface area (Å²) in [5.74, 6) is -1.41. The molecule has 0 bridgehead atoms. The van der Waals surface area contributed by atoms with E-state index in [1.165, 1.54) is 11.0 Å². The van der Waals surface area contributed by atoms with Crippen molar-refractivity contribution in [1.82, 2.24) is 4.90 Å². The highest BCUT2D eigenvalue weighted by Gasteiger charge is 2.45. The molecule has 16 heavy (non-hydrogen) atoms. The Bertz CT molecular complexity index is 311. The highest BCUT2D eigenvalue weighted by molar-refractivity contribution is 5.75. The summed E-state index contributed by atoms with van der Waals surface area (Å²) in [5.41, 5.74) is -0.418. The maximum Gasteiger partial charge on any atom is 0.410 e. The normalized spacial score (nSPS) is 22.9. The van der Waals surface area contributed by atoms with E-state index >= 15 is 0 Å². The fourth-order valence-corrected chi connectivity index (χ4v) is 1.91. The zero-order valence-electron chi connectivity index (χ0n) is 9.60. The fraction of sp³-hybridized carbons (Fsp3) is 0.636. The van der Waals surface area contributed by atoms with Crippen LogP contribution in [-0.4, -0.2) is 41.8 Å². The SMILES string of the molecule is C=CCOC(=O)N1CC(C(=O)O)C(C)(C)C1. The van der Waals surface area contributed by atoms with Gasteiger partial charge in [0.15, 0.2) is 0 Å². The van der Waals surface area contributed by atoms with Crippen molar-refractivity contribution in [2.24, 2.45) is 11.3 Å². The van der Waals surface area contributed by atoms with Crippen LogP contribution in [0.5, 0.6) is 0 Å². The maximum absolute atomic E-state index is 11.5. The van der Waals surface area contributed by atoms with Gasteiger partial charge in [0.2, 0.25) is 0 Å². The van der Waals surface area contributed by atoms with Crippen LogP contribution in [0.4, 0.5) is 4.79 Å². The van der Waals surface area contributed by atoms with Gasteiger partial charge in [-0.3, -0.25) is 4.79 Å². The highest BCUT2D eigenvalue weighted by Crippen LogP contribution is 2.35. The van der Waals surface area contributed by atoms with Crippen LogP contribution in [0, 0.1) is 11.3 Å². The van der Waals surface area contributed by atoms with Crippen molar-refractivity contribution in [3.05, 3.63) is 12.7 Å². The molecule has 0 spiro atoms. The first-order valence-corrected chi connectivity index (χ1v) is 5.14. The van der Waals surface area contributed by atoms with Gasteiger partial charge in [0.25, 0.3) is 0 Å². The summed E-state index contributed by atoms with van der Waals surface area (Å²) in [6, 6.07) is 0. The molecular formula is C11H17NO4. The van der Waals surface area contributed by atoms with Gasteiger partial charge in [0.1, 0.15) is 6.61 Å². The first kappa shape index (κ1) is 12.5. The van der Waals surface area contributed by atoms with Crippen molar-refractivity contribution in [1.29, 1.82) is 0 Å². The molecule has 0 aromatic carbocycles. The second kappa shape index (κ2) is 4.55. The molecule has 1 heterocycles. The van der Waals surface area contributed by atoms with E-state index < -0.39 is 23.4 Å². The fourth-order valence-electron chi connectivity index (χ4n) is 1.91.